The Morgan fingerprint density at radius 3 is 2.87 bits per heavy atom. The molecule has 1 aromatic rings. The second-order valence-electron chi connectivity index (χ2n) is 4.76. The van der Waals surface area contributed by atoms with E-state index in [-0.39, 0.29) is 0 Å². The third-order valence-corrected chi connectivity index (χ3v) is 3.89. The molecule has 2 bridgehead atoms. The number of hydrogen-bond donors (Lipinski definition) is 1. The van der Waals surface area contributed by atoms with Gasteiger partial charge in [-0.05, 0) is 31.1 Å². The summed E-state index contributed by atoms with van der Waals surface area (Å²) in [5, 5.41) is 13.0. The number of hydrogen-bond acceptors (Lipinski definition) is 2. The van der Waals surface area contributed by atoms with E-state index >= 15 is 0 Å². The van der Waals surface area contributed by atoms with Gasteiger partial charge < -0.3 is 5.11 Å². The Morgan fingerprint density at radius 1 is 1.47 bits per heavy atom. The first-order valence-electron chi connectivity index (χ1n) is 5.51. The van der Waals surface area contributed by atoms with E-state index in [0.717, 1.165) is 11.8 Å². The molecule has 1 aromatic heterocycles. The SMILES string of the molecule is O=C(O)c1cnn(C2CC3CCC2C3)c1. The fourth-order valence-corrected chi connectivity index (χ4v) is 3.16. The van der Waals surface area contributed by atoms with Crippen molar-refractivity contribution in [2.45, 2.75) is 31.7 Å². The minimum Gasteiger partial charge on any atom is -0.478 e. The Morgan fingerprint density at radius 2 is 2.33 bits per heavy atom. The molecule has 0 amide bonds. The second-order valence-corrected chi connectivity index (χ2v) is 4.76. The molecule has 1 heterocycles. The molecule has 4 nitrogen and oxygen atoms in total. The molecule has 1 N–H and O–H groups in total. The molecule has 3 unspecified atom stereocenters. The number of fused-ring (bicyclic) bond motifs is 2. The molecule has 4 heteroatoms. The van der Waals surface area contributed by atoms with Crippen molar-refractivity contribution in [2.24, 2.45) is 11.8 Å². The largest absolute Gasteiger partial charge is 0.478 e. The van der Waals surface area contributed by atoms with Crippen LogP contribution in [0.15, 0.2) is 12.4 Å². The van der Waals surface area contributed by atoms with Gasteiger partial charge in [-0.25, -0.2) is 4.79 Å². The Kier molecular flexibility index (Phi) is 1.84. The maximum absolute atomic E-state index is 10.7. The summed E-state index contributed by atoms with van der Waals surface area (Å²) < 4.78 is 1.87. The zero-order valence-electron chi connectivity index (χ0n) is 8.47. The standard InChI is InChI=1S/C11H14N2O2/c14-11(15)9-5-12-13(6-9)10-4-7-1-2-8(10)3-7/h5-8,10H,1-4H2,(H,14,15). The highest BCUT2D eigenvalue weighted by atomic mass is 16.4. The van der Waals surface area contributed by atoms with Crippen molar-refractivity contribution in [1.29, 1.82) is 0 Å². The van der Waals surface area contributed by atoms with Crippen LogP contribution in [-0.4, -0.2) is 20.9 Å². The van der Waals surface area contributed by atoms with Gasteiger partial charge in [-0.15, -0.1) is 0 Å². The zero-order chi connectivity index (χ0) is 10.4. The van der Waals surface area contributed by atoms with Gasteiger partial charge in [-0.1, -0.05) is 6.42 Å². The van der Waals surface area contributed by atoms with Crippen LogP contribution in [0.25, 0.3) is 0 Å². The molecule has 2 aliphatic carbocycles. The summed E-state index contributed by atoms with van der Waals surface area (Å²) in [4.78, 5) is 10.7. The molecule has 80 valence electrons. The Balaban J connectivity index is 1.84. The smallest absolute Gasteiger partial charge is 0.338 e. The summed E-state index contributed by atoms with van der Waals surface area (Å²) in [6, 6.07) is 0.455. The number of rotatable bonds is 2. The average molecular weight is 206 g/mol. The lowest BCUT2D eigenvalue weighted by molar-refractivity contribution is 0.0696. The van der Waals surface area contributed by atoms with Crippen LogP contribution < -0.4 is 0 Å². The van der Waals surface area contributed by atoms with Crippen molar-refractivity contribution in [1.82, 2.24) is 9.78 Å². The highest BCUT2D eigenvalue weighted by Crippen LogP contribution is 2.50. The number of carboxylic acids is 1. The van der Waals surface area contributed by atoms with E-state index in [0.29, 0.717) is 11.6 Å². The van der Waals surface area contributed by atoms with Crippen LogP contribution >= 0.6 is 0 Å². The van der Waals surface area contributed by atoms with Crippen LogP contribution in [0.5, 0.6) is 0 Å². The maximum atomic E-state index is 10.7. The molecule has 2 saturated carbocycles. The van der Waals surface area contributed by atoms with Crippen LogP contribution in [0.3, 0.4) is 0 Å². The Labute approximate surface area is 87.9 Å². The molecule has 3 atom stereocenters. The lowest BCUT2D eigenvalue weighted by Gasteiger charge is -2.21. The van der Waals surface area contributed by atoms with E-state index in [1.165, 1.54) is 31.9 Å². The molecule has 0 spiro atoms. The normalized spacial score (nSPS) is 33.5. The average Bonchev–Trinajstić information content (AvgIpc) is 2.93. The van der Waals surface area contributed by atoms with E-state index in [4.69, 9.17) is 5.11 Å². The molecule has 0 aromatic carbocycles. The lowest BCUT2D eigenvalue weighted by atomic mass is 9.96. The van der Waals surface area contributed by atoms with E-state index in [2.05, 4.69) is 5.10 Å². The van der Waals surface area contributed by atoms with Gasteiger partial charge in [0.05, 0.1) is 17.8 Å². The number of aromatic carboxylic acids is 1. The van der Waals surface area contributed by atoms with Gasteiger partial charge in [-0.3, -0.25) is 4.68 Å². The summed E-state index contributed by atoms with van der Waals surface area (Å²) >= 11 is 0. The first-order valence-corrected chi connectivity index (χ1v) is 5.51. The lowest BCUT2D eigenvalue weighted by Crippen LogP contribution is -2.16. The van der Waals surface area contributed by atoms with Crippen molar-refractivity contribution in [2.75, 3.05) is 0 Å². The van der Waals surface area contributed by atoms with Crippen molar-refractivity contribution in [3.8, 4) is 0 Å². The molecule has 15 heavy (non-hydrogen) atoms. The van der Waals surface area contributed by atoms with E-state index in [1.807, 2.05) is 4.68 Å². The van der Waals surface area contributed by atoms with Gasteiger partial charge in [-0.2, -0.15) is 5.10 Å². The van der Waals surface area contributed by atoms with Crippen molar-refractivity contribution >= 4 is 5.97 Å². The van der Waals surface area contributed by atoms with Crippen molar-refractivity contribution < 1.29 is 9.90 Å². The summed E-state index contributed by atoms with van der Waals surface area (Å²) in [5.74, 6) is 0.707. The highest BCUT2D eigenvalue weighted by molar-refractivity contribution is 5.86. The molecule has 3 rings (SSSR count). The minimum absolute atomic E-state index is 0.303. The van der Waals surface area contributed by atoms with Gasteiger partial charge in [0.2, 0.25) is 0 Å². The zero-order valence-corrected chi connectivity index (χ0v) is 8.47. The van der Waals surface area contributed by atoms with Crippen LogP contribution in [0.1, 0.15) is 42.1 Å². The summed E-state index contributed by atoms with van der Waals surface area (Å²) in [6.45, 7) is 0. The minimum atomic E-state index is -0.885. The number of nitrogens with zero attached hydrogens (tertiary/aromatic N) is 2. The quantitative estimate of drug-likeness (QED) is 0.804. The van der Waals surface area contributed by atoms with Gasteiger partial charge in [0.1, 0.15) is 0 Å². The molecule has 0 saturated heterocycles. The third-order valence-electron chi connectivity index (χ3n) is 3.89. The number of carboxylic acid groups (broad SMARTS) is 1. The predicted octanol–water partition coefficient (Wildman–Crippen LogP) is 1.94. The first kappa shape index (κ1) is 8.95. The maximum Gasteiger partial charge on any atom is 0.338 e. The van der Waals surface area contributed by atoms with Crippen LogP contribution in [0.2, 0.25) is 0 Å². The van der Waals surface area contributed by atoms with Gasteiger partial charge in [0, 0.05) is 6.20 Å². The summed E-state index contributed by atoms with van der Waals surface area (Å²) in [5.41, 5.74) is 0.303. The van der Waals surface area contributed by atoms with Crippen molar-refractivity contribution in [3.05, 3.63) is 18.0 Å². The van der Waals surface area contributed by atoms with Crippen LogP contribution in [0, 0.1) is 11.8 Å². The van der Waals surface area contributed by atoms with Gasteiger partial charge in [0.15, 0.2) is 0 Å². The van der Waals surface area contributed by atoms with Gasteiger partial charge >= 0.3 is 5.97 Å². The van der Waals surface area contributed by atoms with E-state index in [9.17, 15) is 4.79 Å². The first-order chi connectivity index (χ1) is 7.24. The van der Waals surface area contributed by atoms with E-state index < -0.39 is 5.97 Å². The number of carbonyl (C=O) groups is 1. The second kappa shape index (κ2) is 3.08. The molecule has 0 radical (unpaired) electrons. The number of aromatic nitrogens is 2. The van der Waals surface area contributed by atoms with Gasteiger partial charge in [0.25, 0.3) is 0 Å². The summed E-state index contributed by atoms with van der Waals surface area (Å²) in [7, 11) is 0. The topological polar surface area (TPSA) is 55.1 Å². The molecular weight excluding hydrogens is 192 g/mol. The fraction of sp³-hybridized carbons (Fsp3) is 0.636. The Bertz CT molecular complexity index is 399. The summed E-state index contributed by atoms with van der Waals surface area (Å²) in [6.07, 6.45) is 8.27. The van der Waals surface area contributed by atoms with Crippen molar-refractivity contribution in [3.63, 3.8) is 0 Å². The molecule has 2 aliphatic rings. The highest BCUT2D eigenvalue weighted by Gasteiger charge is 2.40. The fourth-order valence-electron chi connectivity index (χ4n) is 3.16. The Hall–Kier alpha value is -1.32. The van der Waals surface area contributed by atoms with Crippen LogP contribution in [0.4, 0.5) is 0 Å². The predicted molar refractivity (Wildman–Crippen MR) is 53.7 cm³/mol. The molecular formula is C11H14N2O2. The molecule has 0 aliphatic heterocycles. The van der Waals surface area contributed by atoms with Crippen LogP contribution in [-0.2, 0) is 0 Å². The third kappa shape index (κ3) is 1.35. The molecule has 2 fully saturated rings. The monoisotopic (exact) mass is 206 g/mol. The van der Waals surface area contributed by atoms with E-state index in [1.54, 1.807) is 6.20 Å².